The van der Waals surface area contributed by atoms with Gasteiger partial charge in [-0.3, -0.25) is 14.5 Å². The van der Waals surface area contributed by atoms with Gasteiger partial charge in [0.15, 0.2) is 0 Å². The standard InChI is InChI=1S/C22H33N5O2/c1-15(2)20-23-12-17(13-24-20)22(29)26-10-7-19(8-11-26)27-9-3-4-16(14-27)21(28)25-18-5-6-18/h12-13,15-16,18-19H,3-11,14H2,1-2H3,(H,25,28)/t16-/m1/s1. The van der Waals surface area contributed by atoms with Crippen molar-refractivity contribution in [2.45, 2.75) is 70.4 Å². The first kappa shape index (κ1) is 20.3. The van der Waals surface area contributed by atoms with E-state index in [9.17, 15) is 9.59 Å². The predicted octanol–water partition coefficient (Wildman–Crippen LogP) is 2.20. The van der Waals surface area contributed by atoms with Crippen molar-refractivity contribution in [3.8, 4) is 0 Å². The van der Waals surface area contributed by atoms with Crippen molar-refractivity contribution in [2.24, 2.45) is 5.92 Å². The number of carbonyl (C=O) groups excluding carboxylic acids is 2. The third-order valence-electron chi connectivity index (χ3n) is 6.45. The number of nitrogens with zero attached hydrogens (tertiary/aromatic N) is 4. The van der Waals surface area contributed by atoms with Crippen molar-refractivity contribution >= 4 is 11.8 Å². The van der Waals surface area contributed by atoms with Gasteiger partial charge in [0.2, 0.25) is 5.91 Å². The predicted molar refractivity (Wildman–Crippen MR) is 111 cm³/mol. The average molecular weight is 400 g/mol. The van der Waals surface area contributed by atoms with Crippen LogP contribution in [0.2, 0.25) is 0 Å². The maximum atomic E-state index is 12.8. The number of aromatic nitrogens is 2. The van der Waals surface area contributed by atoms with Gasteiger partial charge in [0.05, 0.1) is 11.5 Å². The van der Waals surface area contributed by atoms with E-state index < -0.39 is 0 Å². The quantitative estimate of drug-likeness (QED) is 0.821. The Kier molecular flexibility index (Phi) is 6.13. The molecular formula is C22H33N5O2. The van der Waals surface area contributed by atoms with Gasteiger partial charge >= 0.3 is 0 Å². The smallest absolute Gasteiger partial charge is 0.256 e. The Morgan fingerprint density at radius 2 is 1.72 bits per heavy atom. The zero-order valence-electron chi connectivity index (χ0n) is 17.6. The second-order valence-corrected chi connectivity index (χ2v) is 9.12. The lowest BCUT2D eigenvalue weighted by atomic mass is 9.93. The van der Waals surface area contributed by atoms with Crippen LogP contribution in [0, 0.1) is 5.92 Å². The van der Waals surface area contributed by atoms with Gasteiger partial charge in [0.25, 0.3) is 5.91 Å². The van der Waals surface area contributed by atoms with Crippen molar-refractivity contribution in [1.82, 2.24) is 25.1 Å². The monoisotopic (exact) mass is 399 g/mol. The molecule has 1 saturated carbocycles. The normalized spacial score (nSPS) is 24.0. The summed E-state index contributed by atoms with van der Waals surface area (Å²) < 4.78 is 0. The molecule has 29 heavy (non-hydrogen) atoms. The van der Waals surface area contributed by atoms with Gasteiger partial charge in [0.1, 0.15) is 5.82 Å². The molecular weight excluding hydrogens is 366 g/mol. The summed E-state index contributed by atoms with van der Waals surface area (Å²) in [6, 6.07) is 0.904. The molecule has 1 aromatic rings. The molecule has 1 aliphatic carbocycles. The molecule has 158 valence electrons. The highest BCUT2D eigenvalue weighted by Gasteiger charge is 2.34. The minimum absolute atomic E-state index is 0.0269. The highest BCUT2D eigenvalue weighted by molar-refractivity contribution is 5.93. The van der Waals surface area contributed by atoms with E-state index in [1.54, 1.807) is 12.4 Å². The lowest BCUT2D eigenvalue weighted by Gasteiger charge is -2.42. The largest absolute Gasteiger partial charge is 0.353 e. The van der Waals surface area contributed by atoms with Gasteiger partial charge in [-0.15, -0.1) is 0 Å². The summed E-state index contributed by atoms with van der Waals surface area (Å²) in [5, 5.41) is 3.17. The first-order valence-corrected chi connectivity index (χ1v) is 11.2. The Labute approximate surface area is 173 Å². The summed E-state index contributed by atoms with van der Waals surface area (Å²) in [5.74, 6) is 1.43. The topological polar surface area (TPSA) is 78.4 Å². The van der Waals surface area contributed by atoms with E-state index in [-0.39, 0.29) is 23.7 Å². The summed E-state index contributed by atoms with van der Waals surface area (Å²) in [6.07, 6.45) is 9.61. The molecule has 3 heterocycles. The van der Waals surface area contributed by atoms with E-state index in [0.717, 1.165) is 70.5 Å². The summed E-state index contributed by atoms with van der Waals surface area (Å²) in [5.41, 5.74) is 0.572. The van der Waals surface area contributed by atoms with Gasteiger partial charge in [-0.1, -0.05) is 13.8 Å². The molecule has 0 bridgehead atoms. The fourth-order valence-electron chi connectivity index (χ4n) is 4.46. The Bertz CT molecular complexity index is 723. The summed E-state index contributed by atoms with van der Waals surface area (Å²) >= 11 is 0. The van der Waals surface area contributed by atoms with Crippen LogP contribution < -0.4 is 5.32 Å². The van der Waals surface area contributed by atoms with Crippen molar-refractivity contribution in [2.75, 3.05) is 26.2 Å². The van der Waals surface area contributed by atoms with Crippen LogP contribution in [0.1, 0.15) is 74.5 Å². The van der Waals surface area contributed by atoms with Crippen molar-refractivity contribution in [1.29, 1.82) is 0 Å². The molecule has 4 rings (SSSR count). The van der Waals surface area contributed by atoms with Crippen molar-refractivity contribution in [3.63, 3.8) is 0 Å². The highest BCUT2D eigenvalue weighted by atomic mass is 16.2. The van der Waals surface area contributed by atoms with E-state index in [1.165, 1.54) is 0 Å². The molecule has 7 nitrogen and oxygen atoms in total. The van der Waals surface area contributed by atoms with Crippen LogP contribution in [0.5, 0.6) is 0 Å². The maximum absolute atomic E-state index is 12.8. The molecule has 1 N–H and O–H groups in total. The minimum atomic E-state index is 0.0269. The number of carbonyl (C=O) groups is 2. The lowest BCUT2D eigenvalue weighted by molar-refractivity contribution is -0.127. The Morgan fingerprint density at radius 3 is 2.34 bits per heavy atom. The zero-order valence-corrected chi connectivity index (χ0v) is 17.6. The van der Waals surface area contributed by atoms with Crippen LogP contribution >= 0.6 is 0 Å². The summed E-state index contributed by atoms with van der Waals surface area (Å²) in [6.45, 7) is 7.53. The molecule has 1 aromatic heterocycles. The molecule has 0 spiro atoms. The van der Waals surface area contributed by atoms with Gasteiger partial charge in [-0.25, -0.2) is 9.97 Å². The van der Waals surface area contributed by atoms with Gasteiger partial charge in [0, 0.05) is 50.0 Å². The Balaban J connectivity index is 1.28. The van der Waals surface area contributed by atoms with E-state index >= 15 is 0 Å². The third-order valence-corrected chi connectivity index (χ3v) is 6.45. The number of hydrogen-bond acceptors (Lipinski definition) is 5. The number of rotatable bonds is 5. The SMILES string of the molecule is CC(C)c1ncc(C(=O)N2CCC(N3CCC[C@@H](C(=O)NC4CC4)C3)CC2)cn1. The first-order valence-electron chi connectivity index (χ1n) is 11.2. The molecule has 0 radical (unpaired) electrons. The zero-order chi connectivity index (χ0) is 20.4. The van der Waals surface area contributed by atoms with Crippen LogP contribution in [0.25, 0.3) is 0 Å². The van der Waals surface area contributed by atoms with Crippen molar-refractivity contribution in [3.05, 3.63) is 23.8 Å². The number of hydrogen-bond donors (Lipinski definition) is 1. The van der Waals surface area contributed by atoms with E-state index in [2.05, 4.69) is 20.2 Å². The summed E-state index contributed by atoms with van der Waals surface area (Å²) in [4.78, 5) is 38.3. The molecule has 0 aromatic carbocycles. The summed E-state index contributed by atoms with van der Waals surface area (Å²) in [7, 11) is 0. The molecule has 3 fully saturated rings. The van der Waals surface area contributed by atoms with Crippen molar-refractivity contribution < 1.29 is 9.59 Å². The molecule has 3 aliphatic rings. The second-order valence-electron chi connectivity index (χ2n) is 9.12. The number of piperidine rings is 2. The van der Waals surface area contributed by atoms with E-state index in [1.807, 2.05) is 18.7 Å². The van der Waals surface area contributed by atoms with Crippen LogP contribution in [0.3, 0.4) is 0 Å². The first-order chi connectivity index (χ1) is 14.0. The molecule has 1 atom stereocenters. The molecule has 0 unspecified atom stereocenters. The molecule has 7 heteroatoms. The van der Waals surface area contributed by atoms with E-state index in [0.29, 0.717) is 17.6 Å². The Hall–Kier alpha value is -2.02. The van der Waals surface area contributed by atoms with Crippen LogP contribution in [-0.4, -0.2) is 69.8 Å². The molecule has 2 amide bonds. The molecule has 2 saturated heterocycles. The second kappa shape index (κ2) is 8.78. The maximum Gasteiger partial charge on any atom is 0.256 e. The number of likely N-dealkylation sites (tertiary alicyclic amines) is 2. The van der Waals surface area contributed by atoms with Crippen LogP contribution in [0.4, 0.5) is 0 Å². The van der Waals surface area contributed by atoms with Gasteiger partial charge < -0.3 is 10.2 Å². The average Bonchev–Trinajstić information content (AvgIpc) is 3.57. The third kappa shape index (κ3) is 4.94. The molecule has 2 aliphatic heterocycles. The number of amides is 2. The number of nitrogens with one attached hydrogen (secondary N) is 1. The fraction of sp³-hybridized carbons (Fsp3) is 0.727. The van der Waals surface area contributed by atoms with E-state index in [4.69, 9.17) is 0 Å². The lowest BCUT2D eigenvalue weighted by Crippen LogP contribution is -2.51. The van der Waals surface area contributed by atoms with Gasteiger partial charge in [-0.2, -0.15) is 0 Å². The highest BCUT2D eigenvalue weighted by Crippen LogP contribution is 2.26. The van der Waals surface area contributed by atoms with Crippen LogP contribution in [0.15, 0.2) is 12.4 Å². The van der Waals surface area contributed by atoms with Crippen LogP contribution in [-0.2, 0) is 4.79 Å². The minimum Gasteiger partial charge on any atom is -0.353 e. The Morgan fingerprint density at radius 1 is 1.03 bits per heavy atom. The fourth-order valence-corrected chi connectivity index (χ4v) is 4.46. The van der Waals surface area contributed by atoms with Gasteiger partial charge in [-0.05, 0) is 45.1 Å².